The van der Waals surface area contributed by atoms with Crippen LogP contribution < -0.4 is 14.8 Å². The van der Waals surface area contributed by atoms with E-state index in [9.17, 15) is 18.0 Å². The molecule has 1 aromatic carbocycles. The van der Waals surface area contributed by atoms with Crippen molar-refractivity contribution in [2.45, 2.75) is 39.3 Å². The number of carbonyl (C=O) groups is 2. The first-order chi connectivity index (χ1) is 15.5. The molecular weight excluding hydrogens is 448 g/mol. The van der Waals surface area contributed by atoms with Crippen molar-refractivity contribution < 1.29 is 27.5 Å². The van der Waals surface area contributed by atoms with Gasteiger partial charge in [-0.3, -0.25) is 9.52 Å². The first-order valence-corrected chi connectivity index (χ1v) is 12.9. The monoisotopic (exact) mass is 484 g/mol. The normalized spacial score (nSPS) is 22.5. The molecule has 0 aromatic heterocycles. The summed E-state index contributed by atoms with van der Waals surface area (Å²) in [6.07, 6.45) is 1.58. The zero-order chi connectivity index (χ0) is 24.8. The average molecular weight is 485 g/mol. The summed E-state index contributed by atoms with van der Waals surface area (Å²) in [4.78, 5) is 29.3. The van der Waals surface area contributed by atoms with Crippen molar-refractivity contribution in [2.75, 3.05) is 51.4 Å². The van der Waals surface area contributed by atoms with Gasteiger partial charge in [0.1, 0.15) is 12.4 Å². The molecule has 1 heterocycles. The van der Waals surface area contributed by atoms with E-state index in [1.165, 1.54) is 18.2 Å². The predicted molar refractivity (Wildman–Crippen MR) is 127 cm³/mol. The third-order valence-corrected chi connectivity index (χ3v) is 6.14. The summed E-state index contributed by atoms with van der Waals surface area (Å²) < 4.78 is 37.4. The third-order valence-electron chi connectivity index (χ3n) is 5.54. The molecule has 1 aliphatic rings. The van der Waals surface area contributed by atoms with Gasteiger partial charge in [0.25, 0.3) is 5.91 Å². The van der Waals surface area contributed by atoms with E-state index in [1.807, 2.05) is 20.8 Å². The fourth-order valence-corrected chi connectivity index (χ4v) is 4.22. The highest BCUT2D eigenvalue weighted by atomic mass is 32.2. The lowest BCUT2D eigenvalue weighted by Crippen LogP contribution is -2.51. The Morgan fingerprint density at radius 2 is 1.97 bits per heavy atom. The van der Waals surface area contributed by atoms with Gasteiger partial charge in [-0.1, -0.05) is 13.8 Å². The lowest BCUT2D eigenvalue weighted by molar-refractivity contribution is 0.0166. The number of methoxy groups -OCH3 is 1. The number of nitrogens with one attached hydrogen (secondary N) is 2. The zero-order valence-corrected chi connectivity index (χ0v) is 21.1. The molecular formula is C22H36N4O6S. The van der Waals surface area contributed by atoms with Gasteiger partial charge in [-0.05, 0) is 25.5 Å². The molecule has 0 saturated carbocycles. The Hall–Kier alpha value is -2.53. The maximum absolute atomic E-state index is 13.2. The molecule has 1 aromatic rings. The van der Waals surface area contributed by atoms with Crippen LogP contribution in [-0.4, -0.2) is 89.0 Å². The number of benzene rings is 1. The second-order valence-corrected chi connectivity index (χ2v) is 10.3. The van der Waals surface area contributed by atoms with Gasteiger partial charge in [-0.15, -0.1) is 0 Å². The van der Waals surface area contributed by atoms with Crippen LogP contribution >= 0.6 is 0 Å². The van der Waals surface area contributed by atoms with Gasteiger partial charge in [0.15, 0.2) is 0 Å². The first-order valence-electron chi connectivity index (χ1n) is 11.0. The largest absolute Gasteiger partial charge is 0.491 e. The molecule has 2 rings (SSSR count). The Labute approximate surface area is 196 Å². The van der Waals surface area contributed by atoms with E-state index in [4.69, 9.17) is 9.47 Å². The lowest BCUT2D eigenvalue weighted by Gasteiger charge is -2.36. The quantitative estimate of drug-likeness (QED) is 0.660. The Bertz CT molecular complexity index is 939. The minimum absolute atomic E-state index is 0.0414. The Morgan fingerprint density at radius 3 is 2.58 bits per heavy atom. The smallest absolute Gasteiger partial charge is 0.317 e. The fourth-order valence-electron chi connectivity index (χ4n) is 3.67. The summed E-state index contributed by atoms with van der Waals surface area (Å²) in [5.41, 5.74) is 0.584. The van der Waals surface area contributed by atoms with Crippen LogP contribution in [0.1, 0.15) is 37.6 Å². The van der Waals surface area contributed by atoms with E-state index in [0.29, 0.717) is 25.2 Å². The molecule has 0 bridgehead atoms. The van der Waals surface area contributed by atoms with Crippen LogP contribution in [0.4, 0.5) is 10.5 Å². The number of sulfonamides is 1. The summed E-state index contributed by atoms with van der Waals surface area (Å²) >= 11 is 0. The molecule has 0 aliphatic carbocycles. The minimum atomic E-state index is -3.50. The SMILES string of the molecule is CCCNC(=O)N1C[C@H](C)[C@H](OC)CN(C)C(=O)c2ccc(NS(C)(=O)=O)cc2OC[C@H]1C. The van der Waals surface area contributed by atoms with Crippen LogP contribution in [0.2, 0.25) is 0 Å². The van der Waals surface area contributed by atoms with Gasteiger partial charge in [-0.2, -0.15) is 0 Å². The summed E-state index contributed by atoms with van der Waals surface area (Å²) in [6, 6.07) is 4.04. The van der Waals surface area contributed by atoms with Crippen molar-refractivity contribution >= 4 is 27.6 Å². The van der Waals surface area contributed by atoms with Crippen molar-refractivity contribution in [3.8, 4) is 5.75 Å². The highest BCUT2D eigenvalue weighted by molar-refractivity contribution is 7.92. The van der Waals surface area contributed by atoms with Crippen LogP contribution in [-0.2, 0) is 14.8 Å². The summed E-state index contributed by atoms with van der Waals surface area (Å²) in [5.74, 6) is -0.0694. The number of hydrogen-bond acceptors (Lipinski definition) is 6. The molecule has 3 atom stereocenters. The molecule has 11 heteroatoms. The van der Waals surface area contributed by atoms with Gasteiger partial charge >= 0.3 is 6.03 Å². The van der Waals surface area contributed by atoms with Crippen molar-refractivity contribution in [1.29, 1.82) is 0 Å². The Morgan fingerprint density at radius 1 is 1.27 bits per heavy atom. The topological polar surface area (TPSA) is 117 Å². The Kier molecular flexibility index (Phi) is 9.35. The van der Waals surface area contributed by atoms with Crippen LogP contribution in [0.5, 0.6) is 5.75 Å². The number of hydrogen-bond donors (Lipinski definition) is 2. The second-order valence-electron chi connectivity index (χ2n) is 8.57. The molecule has 0 spiro atoms. The second kappa shape index (κ2) is 11.6. The standard InChI is InChI=1S/C22H36N4O6S/c1-7-10-23-22(28)26-12-15(2)20(31-5)13-25(4)21(27)18-9-8-17(24-33(6,29)30)11-19(18)32-14-16(26)3/h8-9,11,15-16,20,24H,7,10,12-14H2,1-6H3,(H,23,28)/t15-,16+,20+/m0/s1. The highest BCUT2D eigenvalue weighted by Crippen LogP contribution is 2.27. The van der Waals surface area contributed by atoms with Crippen molar-refractivity contribution in [3.05, 3.63) is 23.8 Å². The van der Waals surface area contributed by atoms with Gasteiger partial charge in [0.2, 0.25) is 10.0 Å². The maximum atomic E-state index is 13.2. The predicted octanol–water partition coefficient (Wildman–Crippen LogP) is 1.98. The number of likely N-dealkylation sites (N-methyl/N-ethyl adjacent to an activating group) is 1. The molecule has 3 amide bonds. The van der Waals surface area contributed by atoms with Gasteiger partial charge in [-0.25, -0.2) is 13.2 Å². The van der Waals surface area contributed by atoms with Crippen molar-refractivity contribution in [1.82, 2.24) is 15.1 Å². The number of amides is 3. The number of fused-ring (bicyclic) bond motifs is 1. The van der Waals surface area contributed by atoms with Crippen molar-refractivity contribution in [2.24, 2.45) is 5.92 Å². The number of nitrogens with zero attached hydrogens (tertiary/aromatic N) is 2. The minimum Gasteiger partial charge on any atom is -0.491 e. The molecule has 0 fully saturated rings. The van der Waals surface area contributed by atoms with Gasteiger partial charge in [0.05, 0.1) is 29.7 Å². The summed E-state index contributed by atoms with van der Waals surface area (Å²) in [6.45, 7) is 7.27. The van der Waals surface area contributed by atoms with Crippen LogP contribution in [0.25, 0.3) is 0 Å². The Balaban J connectivity index is 2.45. The van der Waals surface area contributed by atoms with Gasteiger partial charge in [0, 0.05) is 45.8 Å². The molecule has 0 saturated heterocycles. The average Bonchev–Trinajstić information content (AvgIpc) is 2.75. The number of carbonyl (C=O) groups excluding carboxylic acids is 2. The van der Waals surface area contributed by atoms with E-state index in [1.54, 1.807) is 24.0 Å². The molecule has 33 heavy (non-hydrogen) atoms. The van der Waals surface area contributed by atoms with Crippen LogP contribution in [0.3, 0.4) is 0 Å². The highest BCUT2D eigenvalue weighted by Gasteiger charge is 2.30. The van der Waals surface area contributed by atoms with Crippen LogP contribution in [0, 0.1) is 5.92 Å². The van der Waals surface area contributed by atoms with E-state index < -0.39 is 10.0 Å². The number of rotatable bonds is 5. The van der Waals surface area contributed by atoms with Gasteiger partial charge < -0.3 is 24.6 Å². The molecule has 186 valence electrons. The molecule has 0 unspecified atom stereocenters. The number of ether oxygens (including phenoxy) is 2. The van der Waals surface area contributed by atoms with E-state index >= 15 is 0 Å². The van der Waals surface area contributed by atoms with E-state index in [-0.39, 0.29) is 48.0 Å². The van der Waals surface area contributed by atoms with Crippen LogP contribution in [0.15, 0.2) is 18.2 Å². The number of urea groups is 1. The summed E-state index contributed by atoms with van der Waals surface area (Å²) in [7, 11) is -0.235. The van der Waals surface area contributed by atoms with Crippen molar-refractivity contribution in [3.63, 3.8) is 0 Å². The fraction of sp³-hybridized carbons (Fsp3) is 0.636. The first kappa shape index (κ1) is 26.7. The molecule has 2 N–H and O–H groups in total. The zero-order valence-electron chi connectivity index (χ0n) is 20.3. The molecule has 0 radical (unpaired) electrons. The molecule has 1 aliphatic heterocycles. The maximum Gasteiger partial charge on any atom is 0.317 e. The van der Waals surface area contributed by atoms with E-state index in [0.717, 1.165) is 12.7 Å². The summed E-state index contributed by atoms with van der Waals surface area (Å²) in [5, 5.41) is 2.92. The lowest BCUT2D eigenvalue weighted by atomic mass is 10.0. The van der Waals surface area contributed by atoms with E-state index in [2.05, 4.69) is 10.0 Å². The number of anilines is 1. The third kappa shape index (κ3) is 7.50. The molecule has 10 nitrogen and oxygen atoms in total.